The highest BCUT2D eigenvalue weighted by Crippen LogP contribution is 2.34. The average molecular weight is 273 g/mol. The SMILES string of the molecule is CC(C)CC(CN(C)C)NC1CSCCC1(C)C. The fourth-order valence-corrected chi connectivity index (χ4v) is 4.32. The summed E-state index contributed by atoms with van der Waals surface area (Å²) in [6, 6.07) is 1.29. The standard InChI is InChI=1S/C15H32N2S/c1-12(2)9-13(10-17(5)6)16-14-11-18-8-7-15(14,3)4/h12-14,16H,7-11H2,1-6H3. The zero-order chi connectivity index (χ0) is 13.8. The first-order valence-electron chi connectivity index (χ1n) is 7.30. The molecule has 1 heterocycles. The van der Waals surface area contributed by atoms with E-state index < -0.39 is 0 Å². The van der Waals surface area contributed by atoms with Crippen LogP contribution in [0.4, 0.5) is 0 Å². The van der Waals surface area contributed by atoms with Crippen LogP contribution in [0.15, 0.2) is 0 Å². The third-order valence-electron chi connectivity index (χ3n) is 3.90. The maximum absolute atomic E-state index is 3.95. The van der Waals surface area contributed by atoms with Gasteiger partial charge in [0.1, 0.15) is 0 Å². The van der Waals surface area contributed by atoms with E-state index in [4.69, 9.17) is 0 Å². The summed E-state index contributed by atoms with van der Waals surface area (Å²) >= 11 is 2.11. The number of hydrogen-bond acceptors (Lipinski definition) is 3. The lowest BCUT2D eigenvalue weighted by molar-refractivity contribution is 0.201. The summed E-state index contributed by atoms with van der Waals surface area (Å²) in [4.78, 5) is 2.31. The van der Waals surface area contributed by atoms with Gasteiger partial charge in [-0.15, -0.1) is 0 Å². The van der Waals surface area contributed by atoms with E-state index in [2.05, 4.69) is 63.8 Å². The minimum absolute atomic E-state index is 0.451. The molecule has 0 amide bonds. The molecule has 18 heavy (non-hydrogen) atoms. The van der Waals surface area contributed by atoms with E-state index in [1.165, 1.54) is 24.3 Å². The van der Waals surface area contributed by atoms with E-state index in [9.17, 15) is 0 Å². The molecule has 1 aliphatic rings. The van der Waals surface area contributed by atoms with Crippen LogP contribution in [0.1, 0.15) is 40.5 Å². The van der Waals surface area contributed by atoms with Crippen molar-refractivity contribution in [2.24, 2.45) is 11.3 Å². The maximum Gasteiger partial charge on any atom is 0.0212 e. The number of thioether (sulfide) groups is 1. The van der Waals surface area contributed by atoms with Crippen LogP contribution in [0.2, 0.25) is 0 Å². The second-order valence-corrected chi connectivity index (χ2v) is 8.27. The first-order valence-corrected chi connectivity index (χ1v) is 8.45. The second kappa shape index (κ2) is 7.16. The Morgan fingerprint density at radius 2 is 2.00 bits per heavy atom. The molecule has 0 radical (unpaired) electrons. The van der Waals surface area contributed by atoms with Crippen LogP contribution in [0, 0.1) is 11.3 Å². The van der Waals surface area contributed by atoms with Crippen molar-refractivity contribution < 1.29 is 0 Å². The number of rotatable bonds is 6. The molecule has 0 saturated carbocycles. The van der Waals surface area contributed by atoms with Crippen molar-refractivity contribution >= 4 is 11.8 Å². The lowest BCUT2D eigenvalue weighted by Crippen LogP contribution is -2.53. The van der Waals surface area contributed by atoms with Crippen molar-refractivity contribution in [3.8, 4) is 0 Å². The quantitative estimate of drug-likeness (QED) is 0.800. The molecular weight excluding hydrogens is 240 g/mol. The molecule has 0 aromatic carbocycles. The van der Waals surface area contributed by atoms with E-state index in [0.717, 1.165) is 12.5 Å². The van der Waals surface area contributed by atoms with E-state index in [1.807, 2.05) is 0 Å². The van der Waals surface area contributed by atoms with Gasteiger partial charge in [-0.2, -0.15) is 11.8 Å². The number of nitrogens with one attached hydrogen (secondary N) is 1. The predicted octanol–water partition coefficient (Wildman–Crippen LogP) is 3.08. The molecule has 2 atom stereocenters. The van der Waals surface area contributed by atoms with Crippen LogP contribution in [-0.2, 0) is 0 Å². The third-order valence-corrected chi connectivity index (χ3v) is 4.96. The zero-order valence-corrected chi connectivity index (χ0v) is 13.9. The normalized spacial score (nSPS) is 25.7. The molecule has 2 unspecified atom stereocenters. The van der Waals surface area contributed by atoms with Crippen LogP contribution in [0.25, 0.3) is 0 Å². The van der Waals surface area contributed by atoms with Crippen molar-refractivity contribution in [1.82, 2.24) is 10.2 Å². The monoisotopic (exact) mass is 272 g/mol. The molecule has 1 N–H and O–H groups in total. The van der Waals surface area contributed by atoms with Gasteiger partial charge in [0.2, 0.25) is 0 Å². The van der Waals surface area contributed by atoms with Crippen molar-refractivity contribution in [2.45, 2.75) is 52.6 Å². The van der Waals surface area contributed by atoms with Gasteiger partial charge in [-0.05, 0) is 44.0 Å². The molecule has 0 bridgehead atoms. The molecule has 0 aromatic heterocycles. The lowest BCUT2D eigenvalue weighted by Gasteiger charge is -2.41. The summed E-state index contributed by atoms with van der Waals surface area (Å²) in [6.07, 6.45) is 2.61. The molecule has 1 fully saturated rings. The number of nitrogens with zero attached hydrogens (tertiary/aromatic N) is 1. The van der Waals surface area contributed by atoms with E-state index >= 15 is 0 Å². The topological polar surface area (TPSA) is 15.3 Å². The zero-order valence-electron chi connectivity index (χ0n) is 13.1. The van der Waals surface area contributed by atoms with Gasteiger partial charge in [-0.3, -0.25) is 0 Å². The van der Waals surface area contributed by atoms with Crippen molar-refractivity contribution in [3.63, 3.8) is 0 Å². The molecule has 1 saturated heterocycles. The fraction of sp³-hybridized carbons (Fsp3) is 1.00. The molecule has 108 valence electrons. The molecular formula is C15H32N2S. The Labute approximate surface area is 118 Å². The average Bonchev–Trinajstić information content (AvgIpc) is 2.19. The van der Waals surface area contributed by atoms with Crippen LogP contribution < -0.4 is 5.32 Å². The first-order chi connectivity index (χ1) is 8.31. The Hall–Kier alpha value is 0.270. The molecule has 0 aliphatic carbocycles. The summed E-state index contributed by atoms with van der Waals surface area (Å²) in [5, 5.41) is 3.95. The maximum atomic E-state index is 3.95. The van der Waals surface area contributed by atoms with Crippen molar-refractivity contribution in [1.29, 1.82) is 0 Å². The van der Waals surface area contributed by atoms with Gasteiger partial charge in [0.25, 0.3) is 0 Å². The first kappa shape index (κ1) is 16.3. The summed E-state index contributed by atoms with van der Waals surface area (Å²) in [5.74, 6) is 3.37. The third kappa shape index (κ3) is 5.50. The van der Waals surface area contributed by atoms with Gasteiger partial charge in [0, 0.05) is 24.4 Å². The number of likely N-dealkylation sites (N-methyl/N-ethyl adjacent to an activating group) is 1. The summed E-state index contributed by atoms with van der Waals surface area (Å²) in [5.41, 5.74) is 0.451. The molecule has 0 aromatic rings. The fourth-order valence-electron chi connectivity index (χ4n) is 2.70. The highest BCUT2D eigenvalue weighted by atomic mass is 32.2. The molecule has 0 spiro atoms. The Morgan fingerprint density at radius 1 is 1.33 bits per heavy atom. The second-order valence-electron chi connectivity index (χ2n) is 7.12. The van der Waals surface area contributed by atoms with Gasteiger partial charge in [-0.25, -0.2) is 0 Å². The summed E-state index contributed by atoms with van der Waals surface area (Å²) < 4.78 is 0. The van der Waals surface area contributed by atoms with E-state index in [1.54, 1.807) is 0 Å². The van der Waals surface area contributed by atoms with Gasteiger partial charge >= 0.3 is 0 Å². The largest absolute Gasteiger partial charge is 0.309 e. The van der Waals surface area contributed by atoms with Crippen LogP contribution in [0.3, 0.4) is 0 Å². The lowest BCUT2D eigenvalue weighted by atomic mass is 9.81. The van der Waals surface area contributed by atoms with Gasteiger partial charge in [0.05, 0.1) is 0 Å². The Bertz CT molecular complexity index is 229. The Balaban J connectivity index is 2.57. The van der Waals surface area contributed by atoms with Crippen LogP contribution >= 0.6 is 11.8 Å². The Morgan fingerprint density at radius 3 is 2.50 bits per heavy atom. The highest BCUT2D eigenvalue weighted by molar-refractivity contribution is 7.99. The number of hydrogen-bond donors (Lipinski definition) is 1. The predicted molar refractivity (Wildman–Crippen MR) is 84.4 cm³/mol. The highest BCUT2D eigenvalue weighted by Gasteiger charge is 2.33. The van der Waals surface area contributed by atoms with E-state index in [-0.39, 0.29) is 0 Å². The van der Waals surface area contributed by atoms with Crippen molar-refractivity contribution in [2.75, 3.05) is 32.1 Å². The van der Waals surface area contributed by atoms with Crippen molar-refractivity contribution in [3.05, 3.63) is 0 Å². The van der Waals surface area contributed by atoms with Crippen LogP contribution in [-0.4, -0.2) is 49.1 Å². The van der Waals surface area contributed by atoms with Gasteiger partial charge < -0.3 is 10.2 Å². The smallest absolute Gasteiger partial charge is 0.0212 e. The molecule has 1 aliphatic heterocycles. The molecule has 3 heteroatoms. The summed E-state index contributed by atoms with van der Waals surface area (Å²) in [6.45, 7) is 10.6. The van der Waals surface area contributed by atoms with Gasteiger partial charge in [-0.1, -0.05) is 27.7 Å². The minimum atomic E-state index is 0.451. The molecule has 1 rings (SSSR count). The summed E-state index contributed by atoms with van der Waals surface area (Å²) in [7, 11) is 4.35. The Kier molecular flexibility index (Phi) is 6.49. The van der Waals surface area contributed by atoms with Gasteiger partial charge in [0.15, 0.2) is 0 Å². The van der Waals surface area contributed by atoms with E-state index in [0.29, 0.717) is 17.5 Å². The van der Waals surface area contributed by atoms with Crippen LogP contribution in [0.5, 0.6) is 0 Å². The minimum Gasteiger partial charge on any atom is -0.309 e. The molecule has 2 nitrogen and oxygen atoms in total.